The SMILES string of the molecule is CCOC(=O)C(C)(C)Cc1cc(C2CC2)cn2cc(CN=C/C(=N\N)C(=O)NCc3c(F)ccc(OC)c3F)nc12.[HH]. The first-order valence-electron chi connectivity index (χ1n) is 13.3. The summed E-state index contributed by atoms with van der Waals surface area (Å²) in [7, 11) is 1.26. The summed E-state index contributed by atoms with van der Waals surface area (Å²) >= 11 is 0. The van der Waals surface area contributed by atoms with E-state index < -0.39 is 29.5 Å². The normalized spacial score (nSPS) is 14.0. The Morgan fingerprint density at radius 2 is 2.05 bits per heavy atom. The minimum atomic E-state index is -0.908. The van der Waals surface area contributed by atoms with Crippen molar-refractivity contribution in [2.75, 3.05) is 13.7 Å². The molecule has 0 unspecified atom stereocenters. The number of carbonyl (C=O) groups excluding carboxylic acids is 2. The van der Waals surface area contributed by atoms with E-state index >= 15 is 0 Å². The fourth-order valence-corrected chi connectivity index (χ4v) is 4.50. The van der Waals surface area contributed by atoms with E-state index in [0.717, 1.165) is 30.5 Å². The van der Waals surface area contributed by atoms with E-state index in [1.807, 2.05) is 30.6 Å². The first-order valence-corrected chi connectivity index (χ1v) is 13.3. The lowest BCUT2D eigenvalue weighted by Crippen LogP contribution is -2.33. The van der Waals surface area contributed by atoms with Gasteiger partial charge < -0.3 is 25.0 Å². The molecule has 2 heterocycles. The first-order chi connectivity index (χ1) is 19.6. The van der Waals surface area contributed by atoms with Crippen LogP contribution < -0.4 is 15.9 Å². The molecule has 3 aromatic rings. The van der Waals surface area contributed by atoms with Gasteiger partial charge in [-0.3, -0.25) is 14.6 Å². The molecular weight excluding hydrogens is 534 g/mol. The highest BCUT2D eigenvalue weighted by Gasteiger charge is 2.32. The van der Waals surface area contributed by atoms with Gasteiger partial charge in [0.25, 0.3) is 5.91 Å². The zero-order valence-corrected chi connectivity index (χ0v) is 23.5. The summed E-state index contributed by atoms with van der Waals surface area (Å²) < 4.78 is 40.5. The van der Waals surface area contributed by atoms with Crippen LogP contribution in [0.1, 0.15) is 63.3 Å². The second kappa shape index (κ2) is 12.4. The van der Waals surface area contributed by atoms with Crippen molar-refractivity contribution in [1.82, 2.24) is 14.7 Å². The maximum absolute atomic E-state index is 14.4. The molecule has 0 bridgehead atoms. The second-order valence-corrected chi connectivity index (χ2v) is 10.5. The molecule has 0 aliphatic heterocycles. The van der Waals surface area contributed by atoms with Crippen molar-refractivity contribution in [3.05, 3.63) is 64.6 Å². The number of aromatic nitrogens is 2. The Morgan fingerprint density at radius 3 is 2.71 bits per heavy atom. The van der Waals surface area contributed by atoms with Crippen LogP contribution >= 0.6 is 0 Å². The number of fused-ring (bicyclic) bond motifs is 1. The van der Waals surface area contributed by atoms with Crippen LogP contribution in [0.2, 0.25) is 0 Å². The van der Waals surface area contributed by atoms with Crippen molar-refractivity contribution in [2.24, 2.45) is 21.4 Å². The molecule has 10 nitrogen and oxygen atoms in total. The molecule has 0 atom stereocenters. The number of benzene rings is 1. The highest BCUT2D eigenvalue weighted by molar-refractivity contribution is 6.60. The summed E-state index contributed by atoms with van der Waals surface area (Å²) in [5.41, 5.74) is 2.14. The number of pyridine rings is 1. The number of hydrazone groups is 1. The Bertz CT molecular complexity index is 1520. The summed E-state index contributed by atoms with van der Waals surface area (Å²) in [6, 6.07) is 4.33. The van der Waals surface area contributed by atoms with Gasteiger partial charge in [0.1, 0.15) is 11.5 Å². The zero-order valence-electron chi connectivity index (χ0n) is 23.5. The van der Waals surface area contributed by atoms with Crippen LogP contribution in [0.4, 0.5) is 8.78 Å². The van der Waals surface area contributed by atoms with E-state index in [1.54, 1.807) is 6.92 Å². The van der Waals surface area contributed by atoms with Crippen molar-refractivity contribution in [2.45, 2.75) is 59.0 Å². The number of amides is 1. The molecule has 1 aromatic carbocycles. The lowest BCUT2D eigenvalue weighted by Gasteiger charge is -2.23. The Kier molecular flexibility index (Phi) is 8.99. The number of hydrogen-bond donors (Lipinski definition) is 2. The number of halogens is 2. The van der Waals surface area contributed by atoms with Gasteiger partial charge in [-0.15, -0.1) is 0 Å². The molecule has 2 aromatic heterocycles. The number of hydrogen-bond acceptors (Lipinski definition) is 8. The molecule has 0 saturated heterocycles. The quantitative estimate of drug-likeness (QED) is 0.146. The van der Waals surface area contributed by atoms with Gasteiger partial charge in [0, 0.05) is 25.9 Å². The molecule has 1 amide bonds. The zero-order chi connectivity index (χ0) is 29.7. The van der Waals surface area contributed by atoms with Gasteiger partial charge in [-0.2, -0.15) is 5.10 Å². The maximum atomic E-state index is 14.4. The number of nitrogens with zero attached hydrogens (tertiary/aromatic N) is 4. The van der Waals surface area contributed by atoms with E-state index in [1.165, 1.54) is 18.9 Å². The van der Waals surface area contributed by atoms with Crippen LogP contribution in [0.25, 0.3) is 5.65 Å². The Morgan fingerprint density at radius 1 is 1.29 bits per heavy atom. The van der Waals surface area contributed by atoms with Crippen molar-refractivity contribution < 1.29 is 29.3 Å². The number of imidazole rings is 1. The summed E-state index contributed by atoms with van der Waals surface area (Å²) in [4.78, 5) is 34.1. The number of methoxy groups -OCH3 is 1. The summed E-state index contributed by atoms with van der Waals surface area (Å²) in [5, 5.41) is 5.84. The fourth-order valence-electron chi connectivity index (χ4n) is 4.50. The molecule has 0 spiro atoms. The molecule has 12 heteroatoms. The first kappa shape index (κ1) is 29.6. The maximum Gasteiger partial charge on any atom is 0.311 e. The second-order valence-electron chi connectivity index (χ2n) is 10.5. The van der Waals surface area contributed by atoms with E-state index in [4.69, 9.17) is 20.3 Å². The third-order valence-electron chi connectivity index (χ3n) is 6.84. The lowest BCUT2D eigenvalue weighted by atomic mass is 9.85. The largest absolute Gasteiger partial charge is 0.494 e. The summed E-state index contributed by atoms with van der Waals surface area (Å²) in [6.45, 7) is 5.48. The average Bonchev–Trinajstić information content (AvgIpc) is 3.70. The summed E-state index contributed by atoms with van der Waals surface area (Å²) in [5.74, 6) is 2.96. The van der Waals surface area contributed by atoms with E-state index in [9.17, 15) is 18.4 Å². The number of ether oxygens (including phenoxy) is 2. The smallest absolute Gasteiger partial charge is 0.311 e. The topological polar surface area (TPSA) is 133 Å². The number of rotatable bonds is 12. The highest BCUT2D eigenvalue weighted by atomic mass is 19.1. The van der Waals surface area contributed by atoms with E-state index in [2.05, 4.69) is 21.5 Å². The van der Waals surface area contributed by atoms with Crippen molar-refractivity contribution >= 4 is 29.4 Å². The van der Waals surface area contributed by atoms with Crippen molar-refractivity contribution in [3.8, 4) is 5.75 Å². The van der Waals surface area contributed by atoms with Crippen LogP contribution in [0.3, 0.4) is 0 Å². The molecule has 4 rings (SSSR count). The number of nitrogens with one attached hydrogen (secondary N) is 1. The fraction of sp³-hybridized carbons (Fsp3) is 0.414. The van der Waals surface area contributed by atoms with Crippen molar-refractivity contribution in [3.63, 3.8) is 0 Å². The molecule has 0 radical (unpaired) electrons. The van der Waals surface area contributed by atoms with Crippen LogP contribution in [-0.4, -0.2) is 46.9 Å². The number of aliphatic imine (C=N–C) groups is 1. The monoisotopic (exact) mass is 570 g/mol. The molecule has 3 N–H and O–H groups in total. The minimum Gasteiger partial charge on any atom is -0.494 e. The third kappa shape index (κ3) is 6.87. The van der Waals surface area contributed by atoms with Gasteiger partial charge in [-0.25, -0.2) is 13.8 Å². The summed E-state index contributed by atoms with van der Waals surface area (Å²) in [6.07, 6.45) is 7.78. The van der Waals surface area contributed by atoms with Crippen LogP contribution in [0.5, 0.6) is 5.75 Å². The van der Waals surface area contributed by atoms with Crippen molar-refractivity contribution in [1.29, 1.82) is 0 Å². The minimum absolute atomic E-state index is 0. The molecule has 1 aliphatic rings. The number of nitrogens with two attached hydrogens (primary N) is 1. The lowest BCUT2D eigenvalue weighted by molar-refractivity contribution is -0.153. The molecule has 1 aliphatic carbocycles. The molecule has 1 saturated carbocycles. The predicted molar refractivity (Wildman–Crippen MR) is 152 cm³/mol. The standard InChI is InChI=1S/C29H34F2N6O4.H2/c1-5-41-28(39)29(2,3)11-18-10-19(17-6-7-17)15-37-16-20(35-26(18)37)12-33-14-23(36-32)27(38)34-13-21-22(30)8-9-24(40-4)25(21)31;/h8-10,14-17H,5-7,11-13,32H2,1-4H3,(H,34,38);1H/b33-14?,36-23+;. The van der Waals surface area contributed by atoms with Gasteiger partial charge in [0.2, 0.25) is 0 Å². The van der Waals surface area contributed by atoms with Gasteiger partial charge in [-0.1, -0.05) is 6.07 Å². The molecule has 41 heavy (non-hydrogen) atoms. The number of esters is 1. The van der Waals surface area contributed by atoms with E-state index in [0.29, 0.717) is 30.3 Å². The van der Waals surface area contributed by atoms with Gasteiger partial charge >= 0.3 is 5.97 Å². The molecule has 220 valence electrons. The van der Waals surface area contributed by atoms with Crippen LogP contribution in [-0.2, 0) is 33.8 Å². The molecular formula is C29H36F2N6O4. The Hall–Kier alpha value is -4.35. The third-order valence-corrected chi connectivity index (χ3v) is 6.84. The highest BCUT2D eigenvalue weighted by Crippen LogP contribution is 2.41. The Labute approximate surface area is 238 Å². The number of carbonyl (C=O) groups is 2. The van der Waals surface area contributed by atoms with Crippen LogP contribution in [0.15, 0.2) is 40.7 Å². The predicted octanol–water partition coefficient (Wildman–Crippen LogP) is 4.08. The Balaban J connectivity index is 0.00000484. The van der Waals surface area contributed by atoms with Gasteiger partial charge in [0.15, 0.2) is 17.3 Å². The molecule has 1 fully saturated rings. The van der Waals surface area contributed by atoms with E-state index in [-0.39, 0.29) is 31.0 Å². The van der Waals surface area contributed by atoms with Gasteiger partial charge in [0.05, 0.1) is 37.6 Å². The van der Waals surface area contributed by atoms with Crippen LogP contribution in [0, 0.1) is 17.0 Å². The average molecular weight is 571 g/mol. The van der Waals surface area contributed by atoms with Gasteiger partial charge in [-0.05, 0) is 69.2 Å².